The van der Waals surface area contributed by atoms with Crippen molar-refractivity contribution in [3.63, 3.8) is 0 Å². The van der Waals surface area contributed by atoms with Gasteiger partial charge in [-0.1, -0.05) is 41.9 Å². The van der Waals surface area contributed by atoms with E-state index in [0.717, 1.165) is 5.56 Å². The number of halogens is 1. The number of rotatable bonds is 4. The van der Waals surface area contributed by atoms with Gasteiger partial charge >= 0.3 is 6.03 Å². The van der Waals surface area contributed by atoms with Gasteiger partial charge in [-0.3, -0.25) is 9.59 Å². The number of aromatic nitrogens is 1. The second-order valence-corrected chi connectivity index (χ2v) is 8.35. The SMILES string of the molecule is O=C(Nc1ccc(Cl)cc1)N1CCCN(C(=O)c2cccn(Cc3ccccc3)c2=O)CC1. The second-order valence-electron chi connectivity index (χ2n) is 7.91. The number of carbonyl (C=O) groups excluding carboxylic acids is 2. The number of nitrogens with one attached hydrogen (secondary N) is 1. The molecular weight excluding hydrogens is 440 g/mol. The minimum absolute atomic E-state index is 0.146. The number of urea groups is 1. The predicted octanol–water partition coefficient (Wildman–Crippen LogP) is 3.93. The van der Waals surface area contributed by atoms with Crippen molar-refractivity contribution in [2.75, 3.05) is 31.5 Å². The topological polar surface area (TPSA) is 74.7 Å². The molecular formula is C25H25ClN4O3. The standard InChI is InChI=1S/C25H25ClN4O3/c26-20-9-11-21(12-10-20)27-25(33)29-15-5-14-28(16-17-29)23(31)22-8-4-13-30(24(22)32)18-19-6-2-1-3-7-19/h1-4,6-13H,5,14-18H2,(H,27,33). The molecule has 1 saturated heterocycles. The van der Waals surface area contributed by atoms with E-state index in [0.29, 0.717) is 49.9 Å². The Balaban J connectivity index is 1.41. The molecule has 1 fully saturated rings. The van der Waals surface area contributed by atoms with E-state index in [-0.39, 0.29) is 23.1 Å². The summed E-state index contributed by atoms with van der Waals surface area (Å²) in [7, 11) is 0. The number of benzene rings is 2. The molecule has 33 heavy (non-hydrogen) atoms. The molecule has 4 rings (SSSR count). The molecule has 0 bridgehead atoms. The van der Waals surface area contributed by atoms with Crippen LogP contribution in [0.2, 0.25) is 5.02 Å². The summed E-state index contributed by atoms with van der Waals surface area (Å²) in [6.45, 7) is 2.16. The van der Waals surface area contributed by atoms with Crippen LogP contribution in [-0.2, 0) is 6.54 Å². The van der Waals surface area contributed by atoms with Crippen molar-refractivity contribution in [3.05, 3.63) is 99.4 Å². The van der Waals surface area contributed by atoms with E-state index in [4.69, 9.17) is 11.6 Å². The van der Waals surface area contributed by atoms with Crippen LogP contribution in [0, 0.1) is 0 Å². The molecule has 0 saturated carbocycles. The maximum atomic E-state index is 13.2. The van der Waals surface area contributed by atoms with Crippen LogP contribution in [0.15, 0.2) is 77.7 Å². The molecule has 1 aliphatic heterocycles. The molecule has 0 radical (unpaired) electrons. The van der Waals surface area contributed by atoms with Crippen LogP contribution in [0.25, 0.3) is 0 Å². The Hall–Kier alpha value is -3.58. The van der Waals surface area contributed by atoms with Crippen LogP contribution in [0.3, 0.4) is 0 Å². The highest BCUT2D eigenvalue weighted by Gasteiger charge is 2.24. The molecule has 7 nitrogen and oxygen atoms in total. The molecule has 2 aromatic carbocycles. The number of hydrogen-bond donors (Lipinski definition) is 1. The van der Waals surface area contributed by atoms with Gasteiger partial charge in [0, 0.05) is 43.1 Å². The molecule has 8 heteroatoms. The summed E-state index contributed by atoms with van der Waals surface area (Å²) < 4.78 is 1.55. The number of anilines is 1. The van der Waals surface area contributed by atoms with Gasteiger partial charge in [-0.05, 0) is 48.4 Å². The highest BCUT2D eigenvalue weighted by molar-refractivity contribution is 6.30. The Labute approximate surface area is 197 Å². The third kappa shape index (κ3) is 5.62. The van der Waals surface area contributed by atoms with Gasteiger partial charge in [-0.15, -0.1) is 0 Å². The van der Waals surface area contributed by atoms with E-state index in [1.807, 2.05) is 30.3 Å². The van der Waals surface area contributed by atoms with Crippen LogP contribution in [-0.4, -0.2) is 52.5 Å². The van der Waals surface area contributed by atoms with E-state index in [1.165, 1.54) is 0 Å². The Morgan fingerprint density at radius 1 is 0.848 bits per heavy atom. The summed E-state index contributed by atoms with van der Waals surface area (Å²) in [5.41, 5.74) is 1.48. The summed E-state index contributed by atoms with van der Waals surface area (Å²) in [5, 5.41) is 3.45. The number of amides is 3. The monoisotopic (exact) mass is 464 g/mol. The van der Waals surface area contributed by atoms with Crippen LogP contribution in [0.1, 0.15) is 22.3 Å². The zero-order valence-corrected chi connectivity index (χ0v) is 18.9. The Bertz CT molecular complexity index is 1180. The van der Waals surface area contributed by atoms with Crippen molar-refractivity contribution >= 4 is 29.2 Å². The van der Waals surface area contributed by atoms with Crippen molar-refractivity contribution < 1.29 is 9.59 Å². The first-order valence-corrected chi connectivity index (χ1v) is 11.2. The van der Waals surface area contributed by atoms with E-state index in [1.54, 1.807) is 57.0 Å². The van der Waals surface area contributed by atoms with Gasteiger partial charge in [0.2, 0.25) is 0 Å². The van der Waals surface area contributed by atoms with Crippen molar-refractivity contribution in [1.82, 2.24) is 14.4 Å². The van der Waals surface area contributed by atoms with Gasteiger partial charge < -0.3 is 19.7 Å². The second kappa shape index (κ2) is 10.4. The number of hydrogen-bond acceptors (Lipinski definition) is 3. The van der Waals surface area contributed by atoms with Gasteiger partial charge in [0.1, 0.15) is 5.56 Å². The molecule has 0 unspecified atom stereocenters. The van der Waals surface area contributed by atoms with Crippen LogP contribution >= 0.6 is 11.6 Å². The maximum absolute atomic E-state index is 13.2. The molecule has 0 aliphatic carbocycles. The average molecular weight is 465 g/mol. The Morgan fingerprint density at radius 2 is 1.55 bits per heavy atom. The number of pyridine rings is 1. The van der Waals surface area contributed by atoms with Crippen LogP contribution in [0.5, 0.6) is 0 Å². The first kappa shape index (κ1) is 22.6. The van der Waals surface area contributed by atoms with Gasteiger partial charge in [0.25, 0.3) is 11.5 Å². The van der Waals surface area contributed by atoms with E-state index in [9.17, 15) is 14.4 Å². The van der Waals surface area contributed by atoms with Gasteiger partial charge in [-0.2, -0.15) is 0 Å². The summed E-state index contributed by atoms with van der Waals surface area (Å²) >= 11 is 5.89. The van der Waals surface area contributed by atoms with Crippen molar-refractivity contribution in [2.24, 2.45) is 0 Å². The first-order chi connectivity index (χ1) is 16.0. The van der Waals surface area contributed by atoms with Gasteiger partial charge in [-0.25, -0.2) is 4.79 Å². The Morgan fingerprint density at radius 3 is 2.30 bits per heavy atom. The molecule has 3 aromatic rings. The number of nitrogens with zero attached hydrogens (tertiary/aromatic N) is 3. The number of carbonyl (C=O) groups is 2. The van der Waals surface area contributed by atoms with Crippen molar-refractivity contribution in [3.8, 4) is 0 Å². The molecule has 0 atom stereocenters. The lowest BCUT2D eigenvalue weighted by Crippen LogP contribution is -2.41. The minimum Gasteiger partial charge on any atom is -0.337 e. The lowest BCUT2D eigenvalue weighted by atomic mass is 10.2. The quantitative estimate of drug-likeness (QED) is 0.635. The Kier molecular flexibility index (Phi) is 7.10. The largest absolute Gasteiger partial charge is 0.337 e. The van der Waals surface area contributed by atoms with Gasteiger partial charge in [0.05, 0.1) is 6.54 Å². The molecule has 1 aromatic heterocycles. The van der Waals surface area contributed by atoms with Crippen molar-refractivity contribution in [2.45, 2.75) is 13.0 Å². The third-order valence-corrected chi connectivity index (χ3v) is 5.86. The van der Waals surface area contributed by atoms with Crippen molar-refractivity contribution in [1.29, 1.82) is 0 Å². The van der Waals surface area contributed by atoms with Gasteiger partial charge in [0.15, 0.2) is 0 Å². The first-order valence-electron chi connectivity index (χ1n) is 10.9. The molecule has 1 aliphatic rings. The van der Waals surface area contributed by atoms with Crippen LogP contribution < -0.4 is 10.9 Å². The fourth-order valence-electron chi connectivity index (χ4n) is 3.83. The van der Waals surface area contributed by atoms with E-state index < -0.39 is 0 Å². The van der Waals surface area contributed by atoms with E-state index >= 15 is 0 Å². The fraction of sp³-hybridized carbons (Fsp3) is 0.240. The van der Waals surface area contributed by atoms with Crippen LogP contribution in [0.4, 0.5) is 10.5 Å². The molecule has 3 amide bonds. The highest BCUT2D eigenvalue weighted by atomic mass is 35.5. The summed E-state index contributed by atoms with van der Waals surface area (Å²) in [4.78, 5) is 42.1. The molecule has 1 N–H and O–H groups in total. The minimum atomic E-state index is -0.312. The lowest BCUT2D eigenvalue weighted by Gasteiger charge is -2.22. The smallest absolute Gasteiger partial charge is 0.321 e. The normalized spacial score (nSPS) is 14.0. The highest BCUT2D eigenvalue weighted by Crippen LogP contribution is 2.15. The zero-order valence-electron chi connectivity index (χ0n) is 18.1. The summed E-state index contributed by atoms with van der Waals surface area (Å²) in [5.74, 6) is -0.303. The maximum Gasteiger partial charge on any atom is 0.321 e. The zero-order chi connectivity index (χ0) is 23.2. The fourth-order valence-corrected chi connectivity index (χ4v) is 3.96. The predicted molar refractivity (Wildman–Crippen MR) is 129 cm³/mol. The summed E-state index contributed by atoms with van der Waals surface area (Å²) in [6.07, 6.45) is 2.32. The third-order valence-electron chi connectivity index (χ3n) is 5.61. The molecule has 2 heterocycles. The average Bonchev–Trinajstić information content (AvgIpc) is 3.09. The van der Waals surface area contributed by atoms with E-state index in [2.05, 4.69) is 5.32 Å². The molecule has 0 spiro atoms. The summed E-state index contributed by atoms with van der Waals surface area (Å²) in [6, 6.07) is 19.6. The molecule has 170 valence electrons. The lowest BCUT2D eigenvalue weighted by molar-refractivity contribution is 0.0760.